The molecular weight excluding hydrogens is 308 g/mol. The standard InChI is InChI=1S/C15H15F2N3O3/c1-23-14-12(3-2-6-18-14)20-15(22)19-8-13(21)9-4-5-10(16)11(17)7-9/h2-7,13,21H,8H2,1H3,(H2,19,20,22)/t13-/m1/s1. The molecule has 0 unspecified atom stereocenters. The van der Waals surface area contributed by atoms with E-state index in [4.69, 9.17) is 4.74 Å². The first kappa shape index (κ1) is 16.6. The molecule has 2 amide bonds. The zero-order chi connectivity index (χ0) is 16.8. The minimum atomic E-state index is -1.17. The highest BCUT2D eigenvalue weighted by Gasteiger charge is 2.13. The molecule has 2 aromatic rings. The van der Waals surface area contributed by atoms with Crippen molar-refractivity contribution in [2.45, 2.75) is 6.10 Å². The first-order valence-electron chi connectivity index (χ1n) is 6.68. The van der Waals surface area contributed by atoms with Crippen molar-refractivity contribution in [2.24, 2.45) is 0 Å². The van der Waals surface area contributed by atoms with Gasteiger partial charge in [0.15, 0.2) is 11.6 Å². The molecule has 8 heteroatoms. The van der Waals surface area contributed by atoms with E-state index in [-0.39, 0.29) is 18.0 Å². The molecule has 2 rings (SSSR count). The van der Waals surface area contributed by atoms with E-state index >= 15 is 0 Å². The Kier molecular flexibility index (Phi) is 5.42. The van der Waals surface area contributed by atoms with Crippen LogP contribution in [0.3, 0.4) is 0 Å². The number of urea groups is 1. The number of ether oxygens (including phenoxy) is 1. The number of amides is 2. The molecule has 0 saturated carbocycles. The number of aliphatic hydroxyl groups is 1. The van der Waals surface area contributed by atoms with E-state index in [1.54, 1.807) is 12.1 Å². The number of pyridine rings is 1. The second kappa shape index (κ2) is 7.50. The lowest BCUT2D eigenvalue weighted by molar-refractivity contribution is 0.174. The average Bonchev–Trinajstić information content (AvgIpc) is 2.55. The Morgan fingerprint density at radius 1 is 1.35 bits per heavy atom. The highest BCUT2D eigenvalue weighted by Crippen LogP contribution is 2.19. The number of nitrogens with one attached hydrogen (secondary N) is 2. The highest BCUT2D eigenvalue weighted by atomic mass is 19.2. The van der Waals surface area contributed by atoms with Crippen LogP contribution in [0.4, 0.5) is 19.3 Å². The largest absolute Gasteiger partial charge is 0.480 e. The molecule has 0 fully saturated rings. The Morgan fingerprint density at radius 2 is 2.13 bits per heavy atom. The van der Waals surface area contributed by atoms with Gasteiger partial charge in [-0.2, -0.15) is 0 Å². The Labute approximate surface area is 131 Å². The molecule has 122 valence electrons. The van der Waals surface area contributed by atoms with Gasteiger partial charge in [0.2, 0.25) is 5.88 Å². The Balaban J connectivity index is 1.92. The van der Waals surface area contributed by atoms with Crippen LogP contribution < -0.4 is 15.4 Å². The van der Waals surface area contributed by atoms with Crippen molar-refractivity contribution in [2.75, 3.05) is 19.0 Å². The fraction of sp³-hybridized carbons (Fsp3) is 0.200. The highest BCUT2D eigenvalue weighted by molar-refractivity contribution is 5.90. The number of aromatic nitrogens is 1. The van der Waals surface area contributed by atoms with Crippen molar-refractivity contribution in [1.29, 1.82) is 0 Å². The fourth-order valence-electron chi connectivity index (χ4n) is 1.84. The van der Waals surface area contributed by atoms with E-state index in [1.807, 2.05) is 0 Å². The van der Waals surface area contributed by atoms with Crippen LogP contribution in [0, 0.1) is 11.6 Å². The first-order chi connectivity index (χ1) is 11.0. The molecule has 1 heterocycles. The lowest BCUT2D eigenvalue weighted by Gasteiger charge is -2.14. The van der Waals surface area contributed by atoms with Gasteiger partial charge >= 0.3 is 6.03 Å². The predicted octanol–water partition coefficient (Wildman–Crippen LogP) is 2.22. The van der Waals surface area contributed by atoms with E-state index in [0.29, 0.717) is 5.69 Å². The summed E-state index contributed by atoms with van der Waals surface area (Å²) in [6.45, 7) is -0.181. The number of carbonyl (C=O) groups is 1. The molecule has 3 N–H and O–H groups in total. The van der Waals surface area contributed by atoms with Gasteiger partial charge in [0.05, 0.1) is 13.2 Å². The molecule has 1 aromatic heterocycles. The van der Waals surface area contributed by atoms with Gasteiger partial charge in [-0.25, -0.2) is 18.6 Å². The summed E-state index contributed by atoms with van der Waals surface area (Å²) in [7, 11) is 1.41. The first-order valence-corrected chi connectivity index (χ1v) is 6.68. The van der Waals surface area contributed by atoms with Crippen LogP contribution in [0.15, 0.2) is 36.5 Å². The van der Waals surface area contributed by atoms with Crippen molar-refractivity contribution in [3.05, 3.63) is 53.7 Å². The van der Waals surface area contributed by atoms with Gasteiger partial charge in [0.25, 0.3) is 0 Å². The van der Waals surface area contributed by atoms with Crippen LogP contribution in [0.5, 0.6) is 5.88 Å². The third-order valence-electron chi connectivity index (χ3n) is 3.00. The predicted molar refractivity (Wildman–Crippen MR) is 79.1 cm³/mol. The second-order valence-electron chi connectivity index (χ2n) is 4.58. The minimum Gasteiger partial charge on any atom is -0.480 e. The van der Waals surface area contributed by atoms with Crippen molar-refractivity contribution in [3.8, 4) is 5.88 Å². The maximum Gasteiger partial charge on any atom is 0.319 e. The van der Waals surface area contributed by atoms with Gasteiger partial charge in [-0.05, 0) is 29.8 Å². The summed E-state index contributed by atoms with van der Waals surface area (Å²) in [5.74, 6) is -1.83. The number of aliphatic hydroxyl groups excluding tert-OH is 1. The summed E-state index contributed by atoms with van der Waals surface area (Å²) in [5, 5.41) is 14.8. The van der Waals surface area contributed by atoms with Crippen molar-refractivity contribution < 1.29 is 23.4 Å². The molecule has 0 bridgehead atoms. The van der Waals surface area contributed by atoms with Crippen LogP contribution in [0.2, 0.25) is 0 Å². The van der Waals surface area contributed by atoms with Gasteiger partial charge in [0.1, 0.15) is 5.69 Å². The summed E-state index contributed by atoms with van der Waals surface area (Å²) in [6.07, 6.45) is 0.334. The quantitative estimate of drug-likeness (QED) is 0.788. The number of halogens is 2. The van der Waals surface area contributed by atoms with Crippen molar-refractivity contribution >= 4 is 11.7 Å². The Morgan fingerprint density at radius 3 is 2.83 bits per heavy atom. The lowest BCUT2D eigenvalue weighted by atomic mass is 10.1. The summed E-state index contributed by atoms with van der Waals surface area (Å²) >= 11 is 0. The van der Waals surface area contributed by atoms with Crippen molar-refractivity contribution in [3.63, 3.8) is 0 Å². The summed E-state index contributed by atoms with van der Waals surface area (Å²) in [6, 6.07) is 5.65. The molecule has 1 aromatic carbocycles. The molecular formula is C15H15F2N3O3. The monoisotopic (exact) mass is 323 g/mol. The number of nitrogens with zero attached hydrogens (tertiary/aromatic N) is 1. The van der Waals surface area contributed by atoms with Gasteiger partial charge in [0, 0.05) is 12.7 Å². The van der Waals surface area contributed by atoms with E-state index in [9.17, 15) is 18.7 Å². The molecule has 0 aliphatic rings. The Hall–Kier alpha value is -2.74. The Bertz CT molecular complexity index is 697. The minimum absolute atomic E-state index is 0.156. The van der Waals surface area contributed by atoms with Crippen LogP contribution in [-0.2, 0) is 0 Å². The summed E-state index contributed by atoms with van der Waals surface area (Å²) < 4.78 is 30.9. The normalized spacial score (nSPS) is 11.7. The maximum absolute atomic E-state index is 13.1. The molecule has 23 heavy (non-hydrogen) atoms. The zero-order valence-corrected chi connectivity index (χ0v) is 12.2. The van der Waals surface area contributed by atoms with E-state index in [2.05, 4.69) is 15.6 Å². The molecule has 0 aliphatic heterocycles. The summed E-state index contributed by atoms with van der Waals surface area (Å²) in [4.78, 5) is 15.7. The average molecular weight is 323 g/mol. The van der Waals surface area contributed by atoms with E-state index in [0.717, 1.165) is 12.1 Å². The van der Waals surface area contributed by atoms with Gasteiger partial charge < -0.3 is 20.5 Å². The van der Waals surface area contributed by atoms with Gasteiger partial charge in [-0.1, -0.05) is 6.07 Å². The van der Waals surface area contributed by atoms with Gasteiger partial charge in [-0.15, -0.1) is 0 Å². The van der Waals surface area contributed by atoms with E-state index in [1.165, 1.54) is 19.4 Å². The molecule has 6 nitrogen and oxygen atoms in total. The van der Waals surface area contributed by atoms with Crippen LogP contribution in [0.1, 0.15) is 11.7 Å². The van der Waals surface area contributed by atoms with E-state index < -0.39 is 23.8 Å². The second-order valence-corrected chi connectivity index (χ2v) is 4.58. The maximum atomic E-state index is 13.1. The number of carbonyl (C=O) groups excluding carboxylic acids is 1. The smallest absolute Gasteiger partial charge is 0.319 e. The molecule has 0 spiro atoms. The van der Waals surface area contributed by atoms with Crippen LogP contribution in [-0.4, -0.2) is 29.8 Å². The van der Waals surface area contributed by atoms with Gasteiger partial charge in [-0.3, -0.25) is 0 Å². The lowest BCUT2D eigenvalue weighted by Crippen LogP contribution is -2.32. The molecule has 0 aliphatic carbocycles. The molecule has 1 atom stereocenters. The summed E-state index contributed by atoms with van der Waals surface area (Å²) in [5.41, 5.74) is 0.512. The molecule has 0 radical (unpaired) electrons. The van der Waals surface area contributed by atoms with Crippen LogP contribution >= 0.6 is 0 Å². The topological polar surface area (TPSA) is 83.5 Å². The number of anilines is 1. The number of hydrogen-bond acceptors (Lipinski definition) is 4. The number of rotatable bonds is 5. The number of benzene rings is 1. The zero-order valence-electron chi connectivity index (χ0n) is 12.2. The number of methoxy groups -OCH3 is 1. The third kappa shape index (κ3) is 4.36. The fourth-order valence-corrected chi connectivity index (χ4v) is 1.84. The van der Waals surface area contributed by atoms with Crippen LogP contribution in [0.25, 0.3) is 0 Å². The van der Waals surface area contributed by atoms with Crippen molar-refractivity contribution in [1.82, 2.24) is 10.3 Å². The molecule has 0 saturated heterocycles. The number of hydrogen-bond donors (Lipinski definition) is 3. The SMILES string of the molecule is COc1ncccc1NC(=O)NC[C@@H](O)c1ccc(F)c(F)c1. The third-order valence-corrected chi connectivity index (χ3v) is 3.00.